The van der Waals surface area contributed by atoms with Crippen LogP contribution in [0.2, 0.25) is 0 Å². The smallest absolute Gasteiger partial charge is 0.273 e. The molecule has 0 aromatic carbocycles. The van der Waals surface area contributed by atoms with Crippen molar-refractivity contribution in [2.75, 3.05) is 0 Å². The van der Waals surface area contributed by atoms with E-state index in [2.05, 4.69) is 10.9 Å². The van der Waals surface area contributed by atoms with Crippen molar-refractivity contribution in [1.29, 1.82) is 0 Å². The molecule has 0 atom stereocenters. The van der Waals surface area contributed by atoms with E-state index in [-0.39, 0.29) is 0 Å². The Balaban J connectivity index is 1.84. The minimum absolute atomic E-state index is 0.391. The highest BCUT2D eigenvalue weighted by Gasteiger charge is 2.11. The van der Waals surface area contributed by atoms with E-state index in [0.29, 0.717) is 11.3 Å². The molecule has 0 saturated carbocycles. The number of hydrazine groups is 1. The van der Waals surface area contributed by atoms with Crippen molar-refractivity contribution in [1.82, 2.24) is 10.9 Å². The van der Waals surface area contributed by atoms with Crippen LogP contribution in [-0.2, 0) is 4.79 Å². The van der Waals surface area contributed by atoms with Gasteiger partial charge < -0.3 is 4.42 Å². The summed E-state index contributed by atoms with van der Waals surface area (Å²) in [5.74, 6) is -0.312. The van der Waals surface area contributed by atoms with E-state index in [9.17, 15) is 9.59 Å². The zero-order valence-electron chi connectivity index (χ0n) is 10.2. The number of amides is 2. The molecule has 2 heterocycles. The molecule has 5 nitrogen and oxygen atoms in total. The average molecular weight is 276 g/mol. The van der Waals surface area contributed by atoms with Gasteiger partial charge in [-0.3, -0.25) is 20.4 Å². The van der Waals surface area contributed by atoms with Crippen LogP contribution in [0.3, 0.4) is 0 Å². The van der Waals surface area contributed by atoms with Gasteiger partial charge in [0.1, 0.15) is 5.76 Å². The minimum Gasteiger partial charge on any atom is -0.469 e. The molecule has 0 aliphatic rings. The Hall–Kier alpha value is -2.34. The summed E-state index contributed by atoms with van der Waals surface area (Å²) in [7, 11) is 0. The van der Waals surface area contributed by atoms with Crippen LogP contribution >= 0.6 is 11.3 Å². The van der Waals surface area contributed by atoms with Gasteiger partial charge in [-0.15, -0.1) is 11.3 Å². The Morgan fingerprint density at radius 3 is 2.79 bits per heavy atom. The third-order valence-electron chi connectivity index (χ3n) is 2.34. The van der Waals surface area contributed by atoms with Crippen molar-refractivity contribution >= 4 is 29.2 Å². The fraction of sp³-hybridized carbons (Fsp3) is 0.0769. The van der Waals surface area contributed by atoms with Crippen molar-refractivity contribution in [2.24, 2.45) is 0 Å². The number of carbonyl (C=O) groups excluding carboxylic acids is 2. The normalized spacial score (nSPS) is 10.6. The Morgan fingerprint density at radius 1 is 1.32 bits per heavy atom. The molecule has 2 aromatic heterocycles. The number of rotatable bonds is 3. The van der Waals surface area contributed by atoms with Crippen LogP contribution in [0.4, 0.5) is 0 Å². The van der Waals surface area contributed by atoms with E-state index in [4.69, 9.17) is 4.42 Å². The first kappa shape index (κ1) is 13.1. The van der Waals surface area contributed by atoms with Gasteiger partial charge in [0.2, 0.25) is 0 Å². The monoisotopic (exact) mass is 276 g/mol. The molecule has 0 bridgehead atoms. The van der Waals surface area contributed by atoms with Crippen LogP contribution in [-0.4, -0.2) is 11.8 Å². The first-order valence-electron chi connectivity index (χ1n) is 5.53. The zero-order valence-corrected chi connectivity index (χ0v) is 11.0. The average Bonchev–Trinajstić information content (AvgIpc) is 3.04. The van der Waals surface area contributed by atoms with Crippen LogP contribution < -0.4 is 10.9 Å². The predicted molar refractivity (Wildman–Crippen MR) is 72.4 cm³/mol. The standard InChI is InChI=1S/C13H12N2O3S/c1-9-11(6-7-18-9)13(17)15-14-12(16)5-4-10-3-2-8-19-10/h2-8H,1H3,(H,14,16)(H,15,17)/b5-4+. The number of furan rings is 1. The summed E-state index contributed by atoms with van der Waals surface area (Å²) in [6, 6.07) is 5.33. The second-order valence-corrected chi connectivity index (χ2v) is 4.66. The van der Waals surface area contributed by atoms with E-state index < -0.39 is 11.8 Å². The van der Waals surface area contributed by atoms with Gasteiger partial charge in [0.15, 0.2) is 0 Å². The maximum Gasteiger partial charge on any atom is 0.273 e. The highest BCUT2D eigenvalue weighted by Crippen LogP contribution is 2.10. The Kier molecular flexibility index (Phi) is 4.15. The summed E-state index contributed by atoms with van der Waals surface area (Å²) in [6.07, 6.45) is 4.45. The van der Waals surface area contributed by atoms with Crippen LogP contribution in [0.1, 0.15) is 21.0 Å². The van der Waals surface area contributed by atoms with E-state index in [0.717, 1.165) is 4.88 Å². The number of hydrogen-bond donors (Lipinski definition) is 2. The van der Waals surface area contributed by atoms with Gasteiger partial charge >= 0.3 is 0 Å². The lowest BCUT2D eigenvalue weighted by Gasteiger charge is -2.03. The molecular weight excluding hydrogens is 264 g/mol. The zero-order chi connectivity index (χ0) is 13.7. The highest BCUT2D eigenvalue weighted by atomic mass is 32.1. The molecule has 0 fully saturated rings. The number of hydrogen-bond acceptors (Lipinski definition) is 4. The van der Waals surface area contributed by atoms with E-state index in [1.54, 1.807) is 13.0 Å². The van der Waals surface area contributed by atoms with Crippen molar-refractivity contribution in [3.63, 3.8) is 0 Å². The highest BCUT2D eigenvalue weighted by molar-refractivity contribution is 7.10. The third-order valence-corrected chi connectivity index (χ3v) is 3.18. The molecule has 98 valence electrons. The molecule has 6 heteroatoms. The van der Waals surface area contributed by atoms with E-state index >= 15 is 0 Å². The summed E-state index contributed by atoms with van der Waals surface area (Å²) >= 11 is 1.52. The van der Waals surface area contributed by atoms with E-state index in [1.165, 1.54) is 29.7 Å². The van der Waals surface area contributed by atoms with Crippen LogP contribution in [0, 0.1) is 6.92 Å². The summed E-state index contributed by atoms with van der Waals surface area (Å²) < 4.78 is 5.00. The Bertz CT molecular complexity index is 599. The molecule has 2 amide bonds. The minimum atomic E-state index is -0.413. The number of nitrogens with one attached hydrogen (secondary N) is 2. The molecule has 0 aliphatic heterocycles. The van der Waals surface area contributed by atoms with Crippen LogP contribution in [0.15, 0.2) is 40.3 Å². The summed E-state index contributed by atoms with van der Waals surface area (Å²) in [6.45, 7) is 1.67. The molecule has 0 spiro atoms. The summed E-state index contributed by atoms with van der Waals surface area (Å²) in [5.41, 5.74) is 5.00. The molecule has 19 heavy (non-hydrogen) atoms. The molecule has 0 aliphatic carbocycles. The lowest BCUT2D eigenvalue weighted by Crippen LogP contribution is -2.40. The topological polar surface area (TPSA) is 71.3 Å². The Labute approximate surface area is 113 Å². The van der Waals surface area contributed by atoms with Gasteiger partial charge in [-0.25, -0.2) is 0 Å². The molecule has 2 aromatic rings. The van der Waals surface area contributed by atoms with Crippen LogP contribution in [0.5, 0.6) is 0 Å². The van der Waals surface area contributed by atoms with E-state index in [1.807, 2.05) is 17.5 Å². The summed E-state index contributed by atoms with van der Waals surface area (Å²) in [5, 5.41) is 1.92. The largest absolute Gasteiger partial charge is 0.469 e. The first-order chi connectivity index (χ1) is 9.16. The molecule has 2 rings (SSSR count). The van der Waals surface area contributed by atoms with Crippen molar-refractivity contribution < 1.29 is 14.0 Å². The predicted octanol–water partition coefficient (Wildman–Crippen LogP) is 2.12. The Morgan fingerprint density at radius 2 is 2.16 bits per heavy atom. The van der Waals surface area contributed by atoms with Gasteiger partial charge in [0.25, 0.3) is 11.8 Å². The fourth-order valence-electron chi connectivity index (χ4n) is 1.39. The SMILES string of the molecule is Cc1occc1C(=O)NNC(=O)/C=C/c1cccs1. The van der Waals surface area contributed by atoms with Crippen LogP contribution in [0.25, 0.3) is 6.08 Å². The van der Waals surface area contributed by atoms with Gasteiger partial charge in [0.05, 0.1) is 11.8 Å². The lowest BCUT2D eigenvalue weighted by molar-refractivity contribution is -0.117. The van der Waals surface area contributed by atoms with Crippen molar-refractivity contribution in [3.8, 4) is 0 Å². The van der Waals surface area contributed by atoms with Crippen molar-refractivity contribution in [2.45, 2.75) is 6.92 Å². The molecule has 2 N–H and O–H groups in total. The number of carbonyl (C=O) groups is 2. The molecule has 0 saturated heterocycles. The van der Waals surface area contributed by atoms with Gasteiger partial charge in [-0.05, 0) is 30.5 Å². The van der Waals surface area contributed by atoms with Crippen molar-refractivity contribution in [3.05, 3.63) is 52.1 Å². The maximum absolute atomic E-state index is 11.7. The quantitative estimate of drug-likeness (QED) is 0.666. The maximum atomic E-state index is 11.7. The lowest BCUT2D eigenvalue weighted by atomic mass is 10.2. The third kappa shape index (κ3) is 3.56. The fourth-order valence-corrected chi connectivity index (χ4v) is 2.01. The summed E-state index contributed by atoms with van der Waals surface area (Å²) in [4.78, 5) is 24.1. The molecule has 0 radical (unpaired) electrons. The number of thiophene rings is 1. The molecular formula is C13H12N2O3S. The number of aryl methyl sites for hydroxylation is 1. The second-order valence-electron chi connectivity index (χ2n) is 3.68. The molecule has 0 unspecified atom stereocenters. The first-order valence-corrected chi connectivity index (χ1v) is 6.41. The van der Waals surface area contributed by atoms with Gasteiger partial charge in [0, 0.05) is 11.0 Å². The van der Waals surface area contributed by atoms with Gasteiger partial charge in [-0.2, -0.15) is 0 Å². The second kappa shape index (κ2) is 6.01. The van der Waals surface area contributed by atoms with Gasteiger partial charge in [-0.1, -0.05) is 6.07 Å².